The van der Waals surface area contributed by atoms with Gasteiger partial charge in [-0.2, -0.15) is 4.31 Å². The molecular weight excluding hydrogens is 392 g/mol. The molecule has 0 unspecified atom stereocenters. The molecule has 8 nitrogen and oxygen atoms in total. The normalized spacial score (nSPS) is 15.4. The van der Waals surface area contributed by atoms with Gasteiger partial charge < -0.3 is 14.1 Å². The molecule has 3 aromatic rings. The molecule has 0 saturated carbocycles. The highest BCUT2D eigenvalue weighted by Crippen LogP contribution is 2.29. The van der Waals surface area contributed by atoms with Crippen LogP contribution in [0.5, 0.6) is 5.75 Å². The number of piperazine rings is 1. The van der Waals surface area contributed by atoms with Gasteiger partial charge in [-0.15, -0.1) is 0 Å². The van der Waals surface area contributed by atoms with Crippen molar-refractivity contribution in [2.75, 3.05) is 38.2 Å². The summed E-state index contributed by atoms with van der Waals surface area (Å²) in [7, 11) is -2.16. The summed E-state index contributed by atoms with van der Waals surface area (Å²) in [4.78, 5) is 11.1. The summed E-state index contributed by atoms with van der Waals surface area (Å²) in [5, 5.41) is 0. The molecule has 4 rings (SSSR count). The number of nitrogens with zero attached hydrogens (tertiary/aromatic N) is 4. The molecule has 0 atom stereocenters. The van der Waals surface area contributed by atoms with Crippen molar-refractivity contribution in [2.45, 2.75) is 11.8 Å². The van der Waals surface area contributed by atoms with Crippen molar-refractivity contribution in [2.24, 2.45) is 0 Å². The molecule has 152 valence electrons. The van der Waals surface area contributed by atoms with E-state index in [4.69, 9.17) is 9.15 Å². The van der Waals surface area contributed by atoms with Crippen LogP contribution in [-0.4, -0.2) is 56.0 Å². The maximum atomic E-state index is 13.1. The van der Waals surface area contributed by atoms with Gasteiger partial charge in [0.15, 0.2) is 5.76 Å². The van der Waals surface area contributed by atoms with E-state index in [2.05, 4.69) is 9.97 Å². The second-order valence-corrected chi connectivity index (χ2v) is 8.67. The van der Waals surface area contributed by atoms with Crippen LogP contribution < -0.4 is 9.64 Å². The van der Waals surface area contributed by atoms with Gasteiger partial charge in [0, 0.05) is 32.4 Å². The molecule has 0 amide bonds. The van der Waals surface area contributed by atoms with E-state index in [1.807, 2.05) is 17.9 Å². The fourth-order valence-electron chi connectivity index (χ4n) is 3.32. The van der Waals surface area contributed by atoms with E-state index >= 15 is 0 Å². The zero-order chi connectivity index (χ0) is 20.4. The summed E-state index contributed by atoms with van der Waals surface area (Å²) >= 11 is 0. The molecular formula is C20H22N4O4S. The van der Waals surface area contributed by atoms with Crippen LogP contribution in [0.15, 0.2) is 58.2 Å². The molecule has 0 aliphatic carbocycles. The summed E-state index contributed by atoms with van der Waals surface area (Å²) in [5.74, 6) is 1.59. The molecule has 3 heterocycles. The van der Waals surface area contributed by atoms with Gasteiger partial charge >= 0.3 is 0 Å². The fraction of sp³-hybridized carbons (Fsp3) is 0.300. The van der Waals surface area contributed by atoms with Crippen LogP contribution in [0.1, 0.15) is 5.56 Å². The molecule has 0 spiro atoms. The quantitative estimate of drug-likeness (QED) is 0.634. The van der Waals surface area contributed by atoms with Crippen LogP contribution in [-0.2, 0) is 10.0 Å². The zero-order valence-electron chi connectivity index (χ0n) is 16.3. The van der Waals surface area contributed by atoms with Gasteiger partial charge in [0.05, 0.1) is 13.4 Å². The average Bonchev–Trinajstić information content (AvgIpc) is 3.28. The molecule has 1 aliphatic heterocycles. The third kappa shape index (κ3) is 3.83. The van der Waals surface area contributed by atoms with Crippen LogP contribution in [0.3, 0.4) is 0 Å². The third-order valence-corrected chi connectivity index (χ3v) is 6.81. The molecule has 1 aliphatic rings. The number of rotatable bonds is 5. The summed E-state index contributed by atoms with van der Waals surface area (Å²) in [6.45, 7) is 3.57. The lowest BCUT2D eigenvalue weighted by molar-refractivity contribution is 0.372. The summed E-state index contributed by atoms with van der Waals surface area (Å²) in [5.41, 5.74) is 1.64. The number of sulfonamides is 1. The Hall–Kier alpha value is -2.91. The van der Waals surface area contributed by atoms with Crippen molar-refractivity contribution >= 4 is 16.0 Å². The number of methoxy groups -OCH3 is 1. The van der Waals surface area contributed by atoms with E-state index < -0.39 is 10.0 Å². The number of benzene rings is 1. The summed E-state index contributed by atoms with van der Waals surface area (Å²) in [6.07, 6.45) is 3.28. The van der Waals surface area contributed by atoms with Gasteiger partial charge in [0.25, 0.3) is 0 Å². The number of furan rings is 1. The van der Waals surface area contributed by atoms with Gasteiger partial charge in [-0.05, 0) is 42.8 Å². The summed E-state index contributed by atoms with van der Waals surface area (Å²) in [6, 6.07) is 10.5. The van der Waals surface area contributed by atoms with E-state index in [0.29, 0.717) is 49.3 Å². The molecule has 0 N–H and O–H groups in total. The van der Waals surface area contributed by atoms with Crippen molar-refractivity contribution in [1.29, 1.82) is 0 Å². The number of aryl methyl sites for hydroxylation is 1. The highest BCUT2D eigenvalue weighted by Gasteiger charge is 2.31. The van der Waals surface area contributed by atoms with Crippen LogP contribution >= 0.6 is 0 Å². The Labute approximate surface area is 169 Å². The van der Waals surface area contributed by atoms with Crippen molar-refractivity contribution in [3.8, 4) is 17.2 Å². The third-order valence-electron chi connectivity index (χ3n) is 4.87. The molecule has 1 saturated heterocycles. The first-order valence-electron chi connectivity index (χ1n) is 9.26. The Balaban J connectivity index is 1.51. The summed E-state index contributed by atoms with van der Waals surface area (Å²) < 4.78 is 38.4. The van der Waals surface area contributed by atoms with E-state index in [0.717, 1.165) is 5.56 Å². The Morgan fingerprint density at radius 2 is 1.90 bits per heavy atom. The van der Waals surface area contributed by atoms with Crippen LogP contribution in [0, 0.1) is 6.92 Å². The molecule has 29 heavy (non-hydrogen) atoms. The van der Waals surface area contributed by atoms with Crippen molar-refractivity contribution < 1.29 is 17.6 Å². The highest BCUT2D eigenvalue weighted by molar-refractivity contribution is 7.89. The Kier molecular flexibility index (Phi) is 5.25. The minimum atomic E-state index is -3.64. The molecule has 1 aromatic carbocycles. The molecule has 2 aromatic heterocycles. The van der Waals surface area contributed by atoms with Crippen molar-refractivity contribution in [3.63, 3.8) is 0 Å². The lowest BCUT2D eigenvalue weighted by Gasteiger charge is -2.34. The second-order valence-electron chi connectivity index (χ2n) is 6.76. The molecule has 0 bridgehead atoms. The van der Waals surface area contributed by atoms with Crippen molar-refractivity contribution in [3.05, 3.63) is 54.4 Å². The number of hydrogen-bond acceptors (Lipinski definition) is 7. The van der Waals surface area contributed by atoms with E-state index in [-0.39, 0.29) is 4.90 Å². The average molecular weight is 414 g/mol. The smallest absolute Gasteiger partial charge is 0.246 e. The van der Waals surface area contributed by atoms with Gasteiger partial charge in [0.2, 0.25) is 16.0 Å². The number of ether oxygens (including phenoxy) is 1. The lowest BCUT2D eigenvalue weighted by Crippen LogP contribution is -2.49. The van der Waals surface area contributed by atoms with E-state index in [1.54, 1.807) is 42.8 Å². The predicted octanol–water partition coefficient (Wildman–Crippen LogP) is 2.56. The maximum absolute atomic E-state index is 13.1. The number of aromatic nitrogens is 2. The Morgan fingerprint density at radius 1 is 1.10 bits per heavy atom. The van der Waals surface area contributed by atoms with Crippen LogP contribution in [0.4, 0.5) is 5.95 Å². The SMILES string of the molecule is COc1cc(C)ccc1S(=O)(=O)N1CCN(c2nccc(-c3ccco3)n2)CC1. The van der Waals surface area contributed by atoms with Gasteiger partial charge in [-0.3, -0.25) is 0 Å². The first-order chi connectivity index (χ1) is 14.0. The highest BCUT2D eigenvalue weighted by atomic mass is 32.2. The fourth-order valence-corrected chi connectivity index (χ4v) is 4.88. The van der Waals surface area contributed by atoms with Gasteiger partial charge in [0.1, 0.15) is 16.3 Å². The minimum absolute atomic E-state index is 0.190. The standard InChI is InChI=1S/C20H22N4O4S/c1-15-5-6-19(18(14-15)27-2)29(25,26)24-11-9-23(10-12-24)20-21-8-7-16(22-20)17-4-3-13-28-17/h3-8,13-14H,9-12H2,1-2H3. The maximum Gasteiger partial charge on any atom is 0.246 e. The first-order valence-corrected chi connectivity index (χ1v) is 10.7. The van der Waals surface area contributed by atoms with Crippen molar-refractivity contribution in [1.82, 2.24) is 14.3 Å². The monoisotopic (exact) mass is 414 g/mol. The minimum Gasteiger partial charge on any atom is -0.495 e. The Bertz CT molecular complexity index is 1090. The molecule has 1 fully saturated rings. The molecule has 0 radical (unpaired) electrons. The van der Waals surface area contributed by atoms with Gasteiger partial charge in [-0.1, -0.05) is 6.07 Å². The zero-order valence-corrected chi connectivity index (χ0v) is 17.1. The molecule has 9 heteroatoms. The first kappa shape index (κ1) is 19.4. The van der Waals surface area contributed by atoms with E-state index in [9.17, 15) is 8.42 Å². The largest absolute Gasteiger partial charge is 0.495 e. The number of anilines is 1. The lowest BCUT2D eigenvalue weighted by atomic mass is 10.2. The van der Waals surface area contributed by atoms with E-state index in [1.165, 1.54) is 11.4 Å². The van der Waals surface area contributed by atoms with Crippen LogP contribution in [0.2, 0.25) is 0 Å². The second kappa shape index (κ2) is 7.84. The van der Waals surface area contributed by atoms with Gasteiger partial charge in [-0.25, -0.2) is 18.4 Å². The predicted molar refractivity (Wildman–Crippen MR) is 108 cm³/mol. The van der Waals surface area contributed by atoms with Crippen LogP contribution in [0.25, 0.3) is 11.5 Å². The topological polar surface area (TPSA) is 88.8 Å². The Morgan fingerprint density at radius 3 is 2.59 bits per heavy atom. The number of hydrogen-bond donors (Lipinski definition) is 0.